The van der Waals surface area contributed by atoms with Crippen molar-refractivity contribution >= 4 is 87.8 Å². The topological polar surface area (TPSA) is 0 Å². The average Bonchev–Trinajstić information content (AvgIpc) is 3.36. The molecule has 0 unspecified atom stereocenters. The summed E-state index contributed by atoms with van der Waals surface area (Å²) >= 11 is 12.9. The van der Waals surface area contributed by atoms with E-state index in [1.165, 1.54) is 53.6 Å². The minimum absolute atomic E-state index is 0. The van der Waals surface area contributed by atoms with Crippen LogP contribution in [-0.4, -0.2) is 0 Å². The third kappa shape index (κ3) is 3.94. The zero-order chi connectivity index (χ0) is 18.1. The normalized spacial score (nSPS) is 11.0. The second kappa shape index (κ2) is 9.69. The van der Waals surface area contributed by atoms with Crippen LogP contribution in [-0.2, 0) is 26.2 Å². The fraction of sp³-hybridized carbons (Fsp3) is 0. The largest absolute Gasteiger partial charge is 4.00 e. The maximum absolute atomic E-state index is 3.81. The zero-order valence-corrected chi connectivity index (χ0v) is 24.6. The standard InChI is InChI=1S/C22H10Br2S3.2ClH.Zr/c23-14-4-11-3-12-7-26-10-18(12)21(11)20(6-14)27-22-16-5-13-8-25-9-17(13)15(16)1-2-19(22)24;;;/h1-10H;2*1H;/q-2;;;+4/p-2. The van der Waals surface area contributed by atoms with E-state index in [1.807, 2.05) is 11.8 Å². The van der Waals surface area contributed by atoms with Gasteiger partial charge in [-0.05, 0) is 26.9 Å². The molecular formula is C22H10Br2Cl2S3Zr. The van der Waals surface area contributed by atoms with E-state index < -0.39 is 0 Å². The number of hydrogen-bond acceptors (Lipinski definition) is 3. The van der Waals surface area contributed by atoms with E-state index >= 15 is 0 Å². The maximum atomic E-state index is 3.81. The number of hydrogen-bond donors (Lipinski definition) is 0. The van der Waals surface area contributed by atoms with Gasteiger partial charge in [0.25, 0.3) is 0 Å². The summed E-state index contributed by atoms with van der Waals surface area (Å²) in [5.41, 5.74) is 5.39. The first-order valence-electron chi connectivity index (χ1n) is 8.35. The third-order valence-electron chi connectivity index (χ3n) is 5.01. The molecule has 0 aromatic heterocycles. The van der Waals surface area contributed by atoms with Crippen LogP contribution >= 0.6 is 66.3 Å². The van der Waals surface area contributed by atoms with Crippen molar-refractivity contribution in [1.82, 2.24) is 0 Å². The maximum Gasteiger partial charge on any atom is 4.00 e. The van der Waals surface area contributed by atoms with Gasteiger partial charge in [0.2, 0.25) is 0 Å². The third-order valence-corrected chi connectivity index (χ3v) is 9.10. The van der Waals surface area contributed by atoms with Crippen LogP contribution in [0, 0.1) is 0 Å². The van der Waals surface area contributed by atoms with Crippen LogP contribution in [0.15, 0.2) is 76.7 Å². The summed E-state index contributed by atoms with van der Waals surface area (Å²) < 4.78 is 2.28. The van der Waals surface area contributed by atoms with Gasteiger partial charge in [-0.2, -0.15) is 0 Å². The van der Waals surface area contributed by atoms with Crippen LogP contribution in [0.3, 0.4) is 0 Å². The smallest absolute Gasteiger partial charge is 1.00 e. The van der Waals surface area contributed by atoms with Crippen molar-refractivity contribution in [2.45, 2.75) is 9.79 Å². The van der Waals surface area contributed by atoms with Gasteiger partial charge in [0.05, 0.1) is 0 Å². The van der Waals surface area contributed by atoms with Crippen LogP contribution < -0.4 is 24.8 Å². The molecule has 4 aliphatic rings. The molecular weight excluding hydrogens is 682 g/mol. The second-order valence-corrected chi connectivity index (χ2v) is 10.9. The molecule has 0 fully saturated rings. The Hall–Kier alpha value is 0.353. The van der Waals surface area contributed by atoms with Crippen molar-refractivity contribution in [1.29, 1.82) is 0 Å². The Morgan fingerprint density at radius 1 is 0.800 bits per heavy atom. The first kappa shape index (κ1) is 25.0. The Kier molecular flexibility index (Phi) is 8.07. The first-order valence-corrected chi connectivity index (χ1v) is 12.6. The summed E-state index contributed by atoms with van der Waals surface area (Å²) in [7, 11) is 0. The van der Waals surface area contributed by atoms with Gasteiger partial charge in [-0.1, -0.05) is 78.2 Å². The van der Waals surface area contributed by atoms with Crippen molar-refractivity contribution in [2.75, 3.05) is 0 Å². The summed E-state index contributed by atoms with van der Waals surface area (Å²) in [6.07, 6.45) is 0. The summed E-state index contributed by atoms with van der Waals surface area (Å²) in [5.74, 6) is 0. The van der Waals surface area contributed by atoms with Gasteiger partial charge in [-0.25, -0.2) is 0 Å². The van der Waals surface area contributed by atoms with Gasteiger partial charge in [-0.15, -0.1) is 45.1 Å². The number of halogens is 4. The van der Waals surface area contributed by atoms with Crippen molar-refractivity contribution < 1.29 is 51.0 Å². The van der Waals surface area contributed by atoms with E-state index in [2.05, 4.69) is 89.8 Å². The molecule has 0 N–H and O–H groups in total. The van der Waals surface area contributed by atoms with Gasteiger partial charge in [0.15, 0.2) is 0 Å². The van der Waals surface area contributed by atoms with E-state index in [0.717, 1.165) is 8.95 Å². The minimum atomic E-state index is 0. The van der Waals surface area contributed by atoms with Crippen LogP contribution in [0.2, 0.25) is 0 Å². The Morgan fingerprint density at radius 3 is 2.27 bits per heavy atom. The summed E-state index contributed by atoms with van der Waals surface area (Å²) in [5, 5.41) is 14.3. The molecule has 0 atom stereocenters. The fourth-order valence-corrected chi connectivity index (χ4v) is 7.84. The van der Waals surface area contributed by atoms with Gasteiger partial charge < -0.3 is 24.8 Å². The first-order chi connectivity index (χ1) is 13.2. The molecule has 0 bridgehead atoms. The predicted molar refractivity (Wildman–Crippen MR) is 128 cm³/mol. The van der Waals surface area contributed by atoms with Crippen LogP contribution in [0.25, 0.3) is 43.8 Å². The number of fused-ring (bicyclic) bond motifs is 6. The van der Waals surface area contributed by atoms with Crippen molar-refractivity contribution in [3.05, 3.63) is 66.9 Å². The number of thiophene rings is 2. The molecule has 2 aromatic rings. The molecule has 2 aliphatic carbocycles. The fourth-order valence-electron chi connectivity index (χ4n) is 3.83. The molecule has 6 rings (SSSR count). The van der Waals surface area contributed by atoms with Crippen molar-refractivity contribution in [3.8, 4) is 22.3 Å². The molecule has 0 radical (unpaired) electrons. The molecule has 0 saturated carbocycles. The van der Waals surface area contributed by atoms with E-state index in [9.17, 15) is 0 Å². The second-order valence-electron chi connectivity index (χ2n) is 6.58. The minimum Gasteiger partial charge on any atom is -1.00 e. The van der Waals surface area contributed by atoms with E-state index in [4.69, 9.17) is 0 Å². The predicted octanol–water partition coefficient (Wildman–Crippen LogP) is 3.45. The van der Waals surface area contributed by atoms with Crippen LogP contribution in [0.1, 0.15) is 0 Å². The summed E-state index contributed by atoms with van der Waals surface area (Å²) in [6, 6.07) is 13.5. The molecule has 2 aromatic carbocycles. The molecule has 0 spiro atoms. The monoisotopic (exact) mass is 688 g/mol. The Labute approximate surface area is 235 Å². The summed E-state index contributed by atoms with van der Waals surface area (Å²) in [4.78, 5) is 2.59. The summed E-state index contributed by atoms with van der Waals surface area (Å²) in [6.45, 7) is 0. The molecule has 30 heavy (non-hydrogen) atoms. The van der Waals surface area contributed by atoms with Gasteiger partial charge in [0, 0.05) is 13.8 Å². The van der Waals surface area contributed by atoms with Crippen molar-refractivity contribution in [3.63, 3.8) is 0 Å². The van der Waals surface area contributed by atoms with Gasteiger partial charge in [-0.3, -0.25) is 22.7 Å². The quantitative estimate of drug-likeness (QED) is 0.251. The van der Waals surface area contributed by atoms with Crippen molar-refractivity contribution in [2.24, 2.45) is 0 Å². The van der Waals surface area contributed by atoms with Gasteiger partial charge in [0.1, 0.15) is 0 Å². The SMILES string of the molecule is Brc1cc(Sc2c(Br)ccc3c4[cH-]scc-4cc23)c2c3[cH-]scc-3cc2c1.[Cl-].[Cl-].[Zr+4]. The molecule has 148 valence electrons. The Bertz CT molecular complexity index is 1390. The molecule has 0 amide bonds. The Morgan fingerprint density at radius 2 is 1.50 bits per heavy atom. The van der Waals surface area contributed by atoms with E-state index in [1.54, 1.807) is 22.7 Å². The van der Waals surface area contributed by atoms with Crippen LogP contribution in [0.5, 0.6) is 0 Å². The molecule has 2 heterocycles. The molecule has 2 aliphatic heterocycles. The number of benzene rings is 2. The number of rotatable bonds is 2. The molecule has 0 saturated heterocycles. The van der Waals surface area contributed by atoms with E-state index in [-0.39, 0.29) is 51.0 Å². The zero-order valence-electron chi connectivity index (χ0n) is 15.0. The molecule has 0 nitrogen and oxygen atoms in total. The van der Waals surface area contributed by atoms with E-state index in [0.29, 0.717) is 0 Å². The average molecular weight is 692 g/mol. The van der Waals surface area contributed by atoms with Gasteiger partial charge >= 0.3 is 26.2 Å². The Balaban J connectivity index is 0.000000853. The van der Waals surface area contributed by atoms with Crippen LogP contribution in [0.4, 0.5) is 0 Å². The molecule has 8 heteroatoms.